The number of aryl methyl sites for hydroxylation is 1. The molecule has 0 spiro atoms. The van der Waals surface area contributed by atoms with Crippen molar-refractivity contribution in [2.24, 2.45) is 5.92 Å². The normalized spacial score (nSPS) is 20.2. The monoisotopic (exact) mass is 246 g/mol. The summed E-state index contributed by atoms with van der Waals surface area (Å²) in [7, 11) is 0. The minimum absolute atomic E-state index is 0.575. The molecule has 18 heavy (non-hydrogen) atoms. The van der Waals surface area contributed by atoms with E-state index in [4.69, 9.17) is 4.74 Å². The highest BCUT2D eigenvalue weighted by molar-refractivity contribution is 5.49. The Morgan fingerprint density at radius 3 is 3.28 bits per heavy atom. The van der Waals surface area contributed by atoms with Crippen molar-refractivity contribution in [1.29, 1.82) is 0 Å². The Labute approximate surface area is 106 Å². The summed E-state index contributed by atoms with van der Waals surface area (Å²) >= 11 is 0. The van der Waals surface area contributed by atoms with Crippen molar-refractivity contribution in [2.75, 3.05) is 25.1 Å². The fraction of sp³-hybridized carbons (Fsp3) is 0.538. The fourth-order valence-corrected chi connectivity index (χ4v) is 2.32. The van der Waals surface area contributed by atoms with E-state index < -0.39 is 0 Å². The molecule has 5 heteroatoms. The molecular weight excluding hydrogens is 228 g/mol. The molecule has 0 aromatic carbocycles. The van der Waals surface area contributed by atoms with Crippen molar-refractivity contribution < 1.29 is 4.74 Å². The molecule has 0 saturated carbocycles. The highest BCUT2D eigenvalue weighted by Crippen LogP contribution is 2.15. The van der Waals surface area contributed by atoms with Gasteiger partial charge in [0.1, 0.15) is 0 Å². The van der Waals surface area contributed by atoms with E-state index >= 15 is 0 Å². The Bertz CT molecular complexity index is 531. The molecule has 2 aromatic heterocycles. The zero-order valence-corrected chi connectivity index (χ0v) is 10.6. The number of hydrogen-bond donors (Lipinski definition) is 1. The molecule has 1 aliphatic rings. The molecule has 1 unspecified atom stereocenters. The molecule has 0 bridgehead atoms. The summed E-state index contributed by atoms with van der Waals surface area (Å²) in [5, 5.41) is 7.72. The summed E-state index contributed by atoms with van der Waals surface area (Å²) in [6.07, 6.45) is 4.30. The molecule has 1 aliphatic heterocycles. The van der Waals surface area contributed by atoms with Crippen LogP contribution in [0.3, 0.4) is 0 Å². The lowest BCUT2D eigenvalue weighted by Gasteiger charge is -2.21. The van der Waals surface area contributed by atoms with Crippen LogP contribution in [0.15, 0.2) is 18.3 Å². The highest BCUT2D eigenvalue weighted by atomic mass is 16.5. The Hall–Kier alpha value is -1.62. The van der Waals surface area contributed by atoms with Gasteiger partial charge in [0.25, 0.3) is 0 Å². The van der Waals surface area contributed by atoms with Gasteiger partial charge in [0.15, 0.2) is 5.65 Å². The summed E-state index contributed by atoms with van der Waals surface area (Å²) in [5.41, 5.74) is 2.05. The first-order valence-electron chi connectivity index (χ1n) is 6.46. The van der Waals surface area contributed by atoms with Crippen LogP contribution < -0.4 is 5.32 Å². The Balaban J connectivity index is 1.69. The Morgan fingerprint density at radius 2 is 2.50 bits per heavy atom. The van der Waals surface area contributed by atoms with E-state index in [0.717, 1.165) is 37.4 Å². The summed E-state index contributed by atoms with van der Waals surface area (Å²) in [5.74, 6) is 1.28. The summed E-state index contributed by atoms with van der Waals surface area (Å²) in [4.78, 5) is 4.50. The summed E-state index contributed by atoms with van der Waals surface area (Å²) < 4.78 is 7.28. The third-order valence-corrected chi connectivity index (χ3v) is 3.36. The standard InChI is InChI=1S/C13H18N4O/c1-10-4-2-6-17-12(10)15-13(16-17)14-8-11-5-3-7-18-9-11/h2,4,6,11H,3,5,7-9H2,1H3,(H,14,16). The molecule has 2 aromatic rings. The van der Waals surface area contributed by atoms with Crippen molar-refractivity contribution in [3.05, 3.63) is 23.9 Å². The van der Waals surface area contributed by atoms with Crippen LogP contribution in [0.4, 0.5) is 5.95 Å². The smallest absolute Gasteiger partial charge is 0.243 e. The Morgan fingerprint density at radius 1 is 1.56 bits per heavy atom. The number of aromatic nitrogens is 3. The van der Waals surface area contributed by atoms with E-state index in [2.05, 4.69) is 15.4 Å². The molecule has 0 amide bonds. The first kappa shape index (κ1) is 11.5. The van der Waals surface area contributed by atoms with E-state index in [0.29, 0.717) is 11.9 Å². The van der Waals surface area contributed by atoms with Crippen LogP contribution >= 0.6 is 0 Å². The predicted octanol–water partition coefficient (Wildman–Crippen LogP) is 1.88. The van der Waals surface area contributed by atoms with Gasteiger partial charge in [-0.15, -0.1) is 5.10 Å². The van der Waals surface area contributed by atoms with Crippen LogP contribution in [0.1, 0.15) is 18.4 Å². The second-order valence-corrected chi connectivity index (χ2v) is 4.86. The third kappa shape index (κ3) is 2.31. The highest BCUT2D eigenvalue weighted by Gasteiger charge is 2.14. The minimum atomic E-state index is 0.575. The van der Waals surface area contributed by atoms with Gasteiger partial charge in [-0.05, 0) is 37.3 Å². The van der Waals surface area contributed by atoms with Gasteiger partial charge in [0, 0.05) is 19.3 Å². The predicted molar refractivity (Wildman–Crippen MR) is 69.8 cm³/mol. The molecule has 1 N–H and O–H groups in total. The van der Waals surface area contributed by atoms with Gasteiger partial charge in [0.05, 0.1) is 6.61 Å². The van der Waals surface area contributed by atoms with Gasteiger partial charge >= 0.3 is 0 Å². The van der Waals surface area contributed by atoms with Crippen LogP contribution in [-0.4, -0.2) is 34.4 Å². The number of hydrogen-bond acceptors (Lipinski definition) is 4. The largest absolute Gasteiger partial charge is 0.381 e. The lowest BCUT2D eigenvalue weighted by atomic mass is 10.0. The number of fused-ring (bicyclic) bond motifs is 1. The van der Waals surface area contributed by atoms with Gasteiger partial charge in [-0.2, -0.15) is 4.98 Å². The van der Waals surface area contributed by atoms with Gasteiger partial charge in [-0.1, -0.05) is 6.07 Å². The molecule has 3 heterocycles. The van der Waals surface area contributed by atoms with Gasteiger partial charge in [-0.25, -0.2) is 4.52 Å². The zero-order chi connectivity index (χ0) is 12.4. The zero-order valence-electron chi connectivity index (χ0n) is 10.6. The second-order valence-electron chi connectivity index (χ2n) is 4.86. The quantitative estimate of drug-likeness (QED) is 0.898. The first-order chi connectivity index (χ1) is 8.83. The first-order valence-corrected chi connectivity index (χ1v) is 6.46. The lowest BCUT2D eigenvalue weighted by molar-refractivity contribution is 0.0594. The summed E-state index contributed by atoms with van der Waals surface area (Å²) in [6.45, 7) is 4.68. The topological polar surface area (TPSA) is 51.5 Å². The van der Waals surface area contributed by atoms with E-state index in [1.165, 1.54) is 6.42 Å². The Kier molecular flexibility index (Phi) is 3.15. The van der Waals surface area contributed by atoms with E-state index in [9.17, 15) is 0 Å². The average molecular weight is 246 g/mol. The maximum Gasteiger partial charge on any atom is 0.243 e. The van der Waals surface area contributed by atoms with Crippen LogP contribution in [0, 0.1) is 12.8 Å². The maximum atomic E-state index is 5.46. The van der Waals surface area contributed by atoms with Crippen LogP contribution in [0.2, 0.25) is 0 Å². The van der Waals surface area contributed by atoms with Crippen molar-refractivity contribution in [3.63, 3.8) is 0 Å². The second kappa shape index (κ2) is 4.94. The van der Waals surface area contributed by atoms with Gasteiger partial charge in [0.2, 0.25) is 5.95 Å². The van der Waals surface area contributed by atoms with Crippen LogP contribution in [0.25, 0.3) is 5.65 Å². The van der Waals surface area contributed by atoms with Crippen molar-refractivity contribution in [3.8, 4) is 0 Å². The number of nitrogens with one attached hydrogen (secondary N) is 1. The number of anilines is 1. The molecule has 0 aliphatic carbocycles. The fourth-order valence-electron chi connectivity index (χ4n) is 2.32. The lowest BCUT2D eigenvalue weighted by Crippen LogP contribution is -2.24. The third-order valence-electron chi connectivity index (χ3n) is 3.36. The van der Waals surface area contributed by atoms with Crippen LogP contribution in [0.5, 0.6) is 0 Å². The molecule has 3 rings (SSSR count). The molecular formula is C13H18N4O. The van der Waals surface area contributed by atoms with Gasteiger partial charge in [-0.3, -0.25) is 0 Å². The van der Waals surface area contributed by atoms with Crippen LogP contribution in [-0.2, 0) is 4.74 Å². The molecule has 96 valence electrons. The molecule has 1 atom stereocenters. The maximum absolute atomic E-state index is 5.46. The van der Waals surface area contributed by atoms with Gasteiger partial charge < -0.3 is 10.1 Å². The molecule has 1 saturated heterocycles. The van der Waals surface area contributed by atoms with E-state index in [-0.39, 0.29) is 0 Å². The SMILES string of the molecule is Cc1cccn2nc(NCC3CCCOC3)nc12. The molecule has 1 fully saturated rings. The van der Waals surface area contributed by atoms with Crippen molar-refractivity contribution in [2.45, 2.75) is 19.8 Å². The van der Waals surface area contributed by atoms with E-state index in [1.807, 2.05) is 29.8 Å². The summed E-state index contributed by atoms with van der Waals surface area (Å²) in [6, 6.07) is 4.03. The number of nitrogens with zero attached hydrogens (tertiary/aromatic N) is 3. The van der Waals surface area contributed by atoms with Crippen molar-refractivity contribution >= 4 is 11.6 Å². The molecule has 5 nitrogen and oxygen atoms in total. The molecule has 0 radical (unpaired) electrons. The minimum Gasteiger partial charge on any atom is -0.381 e. The van der Waals surface area contributed by atoms with E-state index in [1.54, 1.807) is 0 Å². The number of rotatable bonds is 3. The number of ether oxygens (including phenoxy) is 1. The average Bonchev–Trinajstić information content (AvgIpc) is 2.82. The number of pyridine rings is 1. The van der Waals surface area contributed by atoms with Crippen molar-refractivity contribution in [1.82, 2.24) is 14.6 Å².